The van der Waals surface area contributed by atoms with Crippen molar-refractivity contribution in [3.05, 3.63) is 0 Å². The summed E-state index contributed by atoms with van der Waals surface area (Å²) < 4.78 is 0. The van der Waals surface area contributed by atoms with Gasteiger partial charge in [0.2, 0.25) is 0 Å². The first kappa shape index (κ1) is 11.9. The molecule has 0 aromatic carbocycles. The van der Waals surface area contributed by atoms with Gasteiger partial charge >= 0.3 is 0 Å². The highest BCUT2D eigenvalue weighted by molar-refractivity contribution is 9.09. The Bertz CT molecular complexity index is 130. The van der Waals surface area contributed by atoms with Crippen LogP contribution in [0, 0.1) is 0 Å². The van der Waals surface area contributed by atoms with E-state index in [1.807, 2.05) is 6.92 Å². The molecule has 0 saturated carbocycles. The molecule has 0 aliphatic heterocycles. The molecule has 0 rings (SSSR count). The Morgan fingerprint density at radius 2 is 2.25 bits per heavy atom. The summed E-state index contributed by atoms with van der Waals surface area (Å²) in [6.45, 7) is 4.14. The van der Waals surface area contributed by atoms with E-state index in [-0.39, 0.29) is 17.3 Å². The summed E-state index contributed by atoms with van der Waals surface area (Å²) in [6, 6.07) is 0. The van der Waals surface area contributed by atoms with Gasteiger partial charge in [0.25, 0.3) is 5.91 Å². The average molecular weight is 238 g/mol. The highest BCUT2D eigenvalue weighted by Gasteiger charge is 2.06. The number of hydroxylamine groups is 1. The van der Waals surface area contributed by atoms with Crippen LogP contribution in [0.5, 0.6) is 0 Å². The molecule has 0 aromatic heterocycles. The summed E-state index contributed by atoms with van der Waals surface area (Å²) in [5.41, 5.74) is 2.38. The molecule has 1 unspecified atom stereocenters. The van der Waals surface area contributed by atoms with Crippen molar-refractivity contribution in [3.8, 4) is 0 Å². The highest BCUT2D eigenvalue weighted by Crippen LogP contribution is 2.04. The number of rotatable bonds is 6. The van der Waals surface area contributed by atoms with Crippen molar-refractivity contribution >= 4 is 21.8 Å². The predicted molar refractivity (Wildman–Crippen MR) is 52.0 cm³/mol. The standard InChI is InChI=1S/C8H16BrNO2/c1-3-5-7(4-2)12-10-8(11)6-9/h7H,3-6H2,1-2H3,(H,10,11). The second-order valence-electron chi connectivity index (χ2n) is 2.60. The minimum atomic E-state index is -0.135. The first-order valence-corrected chi connectivity index (χ1v) is 5.37. The lowest BCUT2D eigenvalue weighted by molar-refractivity contribution is -0.136. The molecule has 0 aliphatic rings. The van der Waals surface area contributed by atoms with Gasteiger partial charge in [-0.05, 0) is 12.8 Å². The highest BCUT2D eigenvalue weighted by atomic mass is 79.9. The third-order valence-corrected chi connectivity index (χ3v) is 2.04. The molecule has 4 heteroatoms. The van der Waals surface area contributed by atoms with Crippen molar-refractivity contribution in [1.29, 1.82) is 0 Å². The minimum Gasteiger partial charge on any atom is -0.272 e. The van der Waals surface area contributed by atoms with Crippen molar-refractivity contribution in [2.45, 2.75) is 39.2 Å². The maximum absolute atomic E-state index is 10.8. The van der Waals surface area contributed by atoms with Crippen molar-refractivity contribution in [1.82, 2.24) is 5.48 Å². The van der Waals surface area contributed by atoms with Crippen molar-refractivity contribution in [3.63, 3.8) is 0 Å². The van der Waals surface area contributed by atoms with E-state index >= 15 is 0 Å². The molecule has 3 nitrogen and oxygen atoms in total. The van der Waals surface area contributed by atoms with Gasteiger partial charge in [-0.3, -0.25) is 9.63 Å². The van der Waals surface area contributed by atoms with Gasteiger partial charge in [0.15, 0.2) is 0 Å². The second-order valence-corrected chi connectivity index (χ2v) is 3.16. The number of alkyl halides is 1. The number of hydrogen-bond acceptors (Lipinski definition) is 2. The summed E-state index contributed by atoms with van der Waals surface area (Å²) in [5, 5.41) is 0.287. The van der Waals surface area contributed by atoms with Gasteiger partial charge < -0.3 is 0 Å². The van der Waals surface area contributed by atoms with Crippen LogP contribution in [-0.2, 0) is 9.63 Å². The Morgan fingerprint density at radius 3 is 2.67 bits per heavy atom. The molecule has 0 aliphatic carbocycles. The maximum Gasteiger partial charge on any atom is 0.254 e. The zero-order valence-corrected chi connectivity index (χ0v) is 9.19. The fourth-order valence-corrected chi connectivity index (χ4v) is 0.959. The zero-order chi connectivity index (χ0) is 9.40. The maximum atomic E-state index is 10.8. The minimum absolute atomic E-state index is 0.135. The first-order chi connectivity index (χ1) is 5.74. The fraction of sp³-hybridized carbons (Fsp3) is 0.875. The van der Waals surface area contributed by atoms with E-state index in [1.54, 1.807) is 0 Å². The third-order valence-electron chi connectivity index (χ3n) is 1.53. The molecule has 0 bridgehead atoms. The van der Waals surface area contributed by atoms with Crippen molar-refractivity contribution in [2.24, 2.45) is 0 Å². The van der Waals surface area contributed by atoms with Crippen LogP contribution >= 0.6 is 15.9 Å². The van der Waals surface area contributed by atoms with Crippen LogP contribution in [0.25, 0.3) is 0 Å². The molecule has 0 spiro atoms. The molecule has 0 fully saturated rings. The summed E-state index contributed by atoms with van der Waals surface area (Å²) in [6.07, 6.45) is 3.14. The molecule has 0 aromatic rings. The molecule has 12 heavy (non-hydrogen) atoms. The Labute approximate surface area is 81.9 Å². The topological polar surface area (TPSA) is 38.3 Å². The Hall–Kier alpha value is -0.0900. The van der Waals surface area contributed by atoms with E-state index in [1.165, 1.54) is 0 Å². The van der Waals surface area contributed by atoms with Crippen LogP contribution in [0.15, 0.2) is 0 Å². The molecule has 72 valence electrons. The zero-order valence-electron chi connectivity index (χ0n) is 7.60. The second kappa shape index (κ2) is 7.55. The third kappa shape index (κ3) is 5.55. The van der Waals surface area contributed by atoms with E-state index in [0.29, 0.717) is 0 Å². The Morgan fingerprint density at radius 1 is 1.58 bits per heavy atom. The Kier molecular flexibility index (Phi) is 7.50. The van der Waals surface area contributed by atoms with E-state index in [9.17, 15) is 4.79 Å². The number of carbonyl (C=O) groups excluding carboxylic acids is 1. The number of nitrogens with one attached hydrogen (secondary N) is 1. The number of carbonyl (C=O) groups is 1. The SMILES string of the molecule is CCCC(CC)ONC(=O)CBr. The van der Waals surface area contributed by atoms with Gasteiger partial charge in [0.05, 0.1) is 11.4 Å². The van der Waals surface area contributed by atoms with Crippen LogP contribution in [0.3, 0.4) is 0 Å². The van der Waals surface area contributed by atoms with E-state index in [4.69, 9.17) is 4.84 Å². The average Bonchev–Trinajstić information content (AvgIpc) is 2.11. The van der Waals surface area contributed by atoms with Gasteiger partial charge in [0.1, 0.15) is 0 Å². The molecule has 1 amide bonds. The van der Waals surface area contributed by atoms with Gasteiger partial charge in [-0.2, -0.15) is 0 Å². The molecule has 0 saturated heterocycles. The predicted octanol–water partition coefficient (Wildman–Crippen LogP) is 2.01. The fourth-order valence-electron chi connectivity index (χ4n) is 0.845. The summed E-state index contributed by atoms with van der Waals surface area (Å²) in [7, 11) is 0. The monoisotopic (exact) mass is 237 g/mol. The van der Waals surface area contributed by atoms with E-state index in [0.717, 1.165) is 19.3 Å². The lowest BCUT2D eigenvalue weighted by Gasteiger charge is -2.14. The smallest absolute Gasteiger partial charge is 0.254 e. The van der Waals surface area contributed by atoms with Crippen LogP contribution in [0.4, 0.5) is 0 Å². The lowest BCUT2D eigenvalue weighted by atomic mass is 10.2. The Balaban J connectivity index is 3.50. The van der Waals surface area contributed by atoms with Crippen LogP contribution in [0.2, 0.25) is 0 Å². The van der Waals surface area contributed by atoms with Gasteiger partial charge in [-0.1, -0.05) is 36.2 Å². The van der Waals surface area contributed by atoms with Crippen molar-refractivity contribution in [2.75, 3.05) is 5.33 Å². The summed E-state index contributed by atoms with van der Waals surface area (Å²) in [4.78, 5) is 15.9. The van der Waals surface area contributed by atoms with Gasteiger partial charge in [-0.25, -0.2) is 5.48 Å². The normalized spacial score (nSPS) is 12.6. The van der Waals surface area contributed by atoms with Crippen LogP contribution in [0.1, 0.15) is 33.1 Å². The molecular formula is C8H16BrNO2. The first-order valence-electron chi connectivity index (χ1n) is 4.25. The van der Waals surface area contributed by atoms with Crippen LogP contribution < -0.4 is 5.48 Å². The molecule has 0 radical (unpaired) electrons. The van der Waals surface area contributed by atoms with Gasteiger partial charge in [-0.15, -0.1) is 0 Å². The van der Waals surface area contributed by atoms with E-state index in [2.05, 4.69) is 28.3 Å². The van der Waals surface area contributed by atoms with E-state index < -0.39 is 0 Å². The van der Waals surface area contributed by atoms with Crippen LogP contribution in [-0.4, -0.2) is 17.3 Å². The molecule has 0 heterocycles. The lowest BCUT2D eigenvalue weighted by Crippen LogP contribution is -2.29. The van der Waals surface area contributed by atoms with Crippen molar-refractivity contribution < 1.29 is 9.63 Å². The summed E-state index contributed by atoms with van der Waals surface area (Å²) >= 11 is 3.03. The molecule has 1 N–H and O–H groups in total. The number of halogens is 1. The molecular weight excluding hydrogens is 222 g/mol. The summed E-state index contributed by atoms with van der Waals surface area (Å²) in [5.74, 6) is -0.135. The molecule has 1 atom stereocenters. The quantitative estimate of drug-likeness (QED) is 0.567. The largest absolute Gasteiger partial charge is 0.272 e. The number of hydrogen-bond donors (Lipinski definition) is 1. The van der Waals surface area contributed by atoms with Gasteiger partial charge in [0, 0.05) is 0 Å². The number of amides is 1.